The van der Waals surface area contributed by atoms with Crippen LogP contribution in [0.3, 0.4) is 0 Å². The number of rotatable bonds is 4. The smallest absolute Gasteiger partial charge is 0.133 e. The Morgan fingerprint density at radius 1 is 1.40 bits per heavy atom. The van der Waals surface area contributed by atoms with Crippen molar-refractivity contribution in [1.29, 1.82) is 5.26 Å². The van der Waals surface area contributed by atoms with Crippen LogP contribution in [-0.2, 0) is 0 Å². The van der Waals surface area contributed by atoms with Gasteiger partial charge in [-0.3, -0.25) is 4.99 Å². The van der Waals surface area contributed by atoms with Crippen molar-refractivity contribution in [3.05, 3.63) is 50.9 Å². The molecule has 0 unspecified atom stereocenters. The van der Waals surface area contributed by atoms with E-state index in [1.54, 1.807) is 6.21 Å². The van der Waals surface area contributed by atoms with Gasteiger partial charge in [0, 0.05) is 22.3 Å². The van der Waals surface area contributed by atoms with Crippen LogP contribution in [0.4, 0.5) is 0 Å². The Kier molecular flexibility index (Phi) is 4.89. The first-order valence-electron chi connectivity index (χ1n) is 6.20. The summed E-state index contributed by atoms with van der Waals surface area (Å²) < 4.78 is 0. The van der Waals surface area contributed by atoms with E-state index in [1.165, 1.54) is 11.3 Å². The predicted molar refractivity (Wildman–Crippen MR) is 83.6 cm³/mol. The first kappa shape index (κ1) is 14.7. The van der Waals surface area contributed by atoms with Gasteiger partial charge in [0.05, 0.1) is 12.1 Å². The van der Waals surface area contributed by atoms with E-state index in [0.717, 1.165) is 16.3 Å². The van der Waals surface area contributed by atoms with E-state index >= 15 is 0 Å². The Labute approximate surface area is 127 Å². The first-order valence-corrected chi connectivity index (χ1v) is 7.46. The lowest BCUT2D eigenvalue weighted by atomic mass is 10.1. The highest BCUT2D eigenvalue weighted by Crippen LogP contribution is 2.22. The summed E-state index contributed by atoms with van der Waals surface area (Å²) in [5.41, 5.74) is 2.00. The first-order chi connectivity index (χ1) is 9.60. The molecular formula is C15H14ClN3S. The molecule has 5 heteroatoms. The van der Waals surface area contributed by atoms with Crippen LogP contribution >= 0.6 is 22.9 Å². The van der Waals surface area contributed by atoms with Crippen molar-refractivity contribution in [3.8, 4) is 6.07 Å². The molecule has 0 N–H and O–H groups in total. The lowest BCUT2D eigenvalue weighted by Crippen LogP contribution is -1.99. The molecule has 2 atom stereocenters. The van der Waals surface area contributed by atoms with Crippen molar-refractivity contribution >= 4 is 29.2 Å². The molecule has 3 nitrogen and oxygen atoms in total. The lowest BCUT2D eigenvalue weighted by molar-refractivity contribution is 0.819. The van der Waals surface area contributed by atoms with Crippen LogP contribution in [0.1, 0.15) is 35.1 Å². The van der Waals surface area contributed by atoms with Crippen LogP contribution in [0.5, 0.6) is 0 Å². The van der Waals surface area contributed by atoms with Gasteiger partial charge in [-0.15, -0.1) is 11.3 Å². The maximum Gasteiger partial charge on any atom is 0.133 e. The van der Waals surface area contributed by atoms with Gasteiger partial charge in [-0.05, 0) is 31.5 Å². The highest BCUT2D eigenvalue weighted by atomic mass is 35.5. The molecule has 20 heavy (non-hydrogen) atoms. The van der Waals surface area contributed by atoms with Gasteiger partial charge in [-0.1, -0.05) is 23.7 Å². The Morgan fingerprint density at radius 2 is 2.10 bits per heavy atom. The van der Waals surface area contributed by atoms with Gasteiger partial charge in [0.15, 0.2) is 0 Å². The number of hydrogen-bond donors (Lipinski definition) is 0. The van der Waals surface area contributed by atoms with Crippen molar-refractivity contribution in [3.63, 3.8) is 0 Å². The fourth-order valence-electron chi connectivity index (χ4n) is 1.71. The van der Waals surface area contributed by atoms with Crippen LogP contribution in [0.2, 0.25) is 5.02 Å². The number of aliphatic imine (C=N–C) groups is 1. The molecule has 0 spiro atoms. The molecule has 0 fully saturated rings. The van der Waals surface area contributed by atoms with Gasteiger partial charge < -0.3 is 0 Å². The maximum atomic E-state index is 9.22. The van der Waals surface area contributed by atoms with Gasteiger partial charge in [-0.2, -0.15) is 5.26 Å². The molecule has 1 heterocycles. The minimum Gasteiger partial charge on any atom is -0.288 e. The predicted octanol–water partition coefficient (Wildman–Crippen LogP) is 4.54. The summed E-state index contributed by atoms with van der Waals surface area (Å²) in [5, 5.41) is 12.7. The molecule has 1 aromatic heterocycles. The number of hydrogen-bond acceptors (Lipinski definition) is 4. The van der Waals surface area contributed by atoms with E-state index in [0.29, 0.717) is 5.02 Å². The zero-order valence-corrected chi connectivity index (χ0v) is 12.8. The number of aromatic nitrogens is 1. The number of nitriles is 1. The van der Waals surface area contributed by atoms with Crippen molar-refractivity contribution in [1.82, 2.24) is 4.98 Å². The normalized spacial score (nSPS) is 14.1. The minimum atomic E-state index is -0.386. The average Bonchev–Trinajstić information content (AvgIpc) is 2.86. The van der Waals surface area contributed by atoms with Crippen molar-refractivity contribution in [2.45, 2.75) is 25.8 Å². The summed E-state index contributed by atoms with van der Waals surface area (Å²) >= 11 is 7.35. The monoisotopic (exact) mass is 303 g/mol. The number of aryl methyl sites for hydroxylation is 1. The van der Waals surface area contributed by atoms with E-state index in [-0.39, 0.29) is 12.0 Å². The Hall–Kier alpha value is -1.70. The highest BCUT2D eigenvalue weighted by molar-refractivity contribution is 7.09. The molecule has 0 bridgehead atoms. The van der Waals surface area contributed by atoms with Crippen LogP contribution in [-0.4, -0.2) is 11.2 Å². The number of thiazole rings is 1. The fourth-order valence-corrected chi connectivity index (χ4v) is 2.64. The van der Waals surface area contributed by atoms with E-state index in [1.807, 2.05) is 43.5 Å². The van der Waals surface area contributed by atoms with Gasteiger partial charge in [0.25, 0.3) is 0 Å². The molecule has 0 amide bonds. The minimum absolute atomic E-state index is 0.0100. The topological polar surface area (TPSA) is 49.0 Å². The van der Waals surface area contributed by atoms with E-state index in [9.17, 15) is 5.26 Å². The Morgan fingerprint density at radius 3 is 2.65 bits per heavy atom. The molecule has 0 aliphatic rings. The van der Waals surface area contributed by atoms with Crippen LogP contribution in [0, 0.1) is 18.3 Å². The van der Waals surface area contributed by atoms with E-state index in [2.05, 4.69) is 16.0 Å². The van der Waals surface area contributed by atoms with E-state index in [4.69, 9.17) is 11.6 Å². The Balaban J connectivity index is 2.11. The molecular weight excluding hydrogens is 290 g/mol. The van der Waals surface area contributed by atoms with Gasteiger partial charge >= 0.3 is 0 Å². The molecule has 0 radical (unpaired) electrons. The highest BCUT2D eigenvalue weighted by Gasteiger charge is 2.12. The van der Waals surface area contributed by atoms with Crippen molar-refractivity contribution in [2.75, 3.05) is 0 Å². The molecule has 0 saturated carbocycles. The van der Waals surface area contributed by atoms with Crippen LogP contribution < -0.4 is 0 Å². The molecule has 0 aliphatic carbocycles. The van der Waals surface area contributed by atoms with Crippen LogP contribution in [0.25, 0.3) is 0 Å². The molecule has 2 aromatic rings. The standard InChI is InChI=1S/C15H14ClN3S/c1-10-9-20-15(19-10)13(7-17)8-18-11(2)12-3-5-14(16)6-4-12/h3-6,8-9,11,13H,1-2H3/t11-,13-/m0/s1. The summed E-state index contributed by atoms with van der Waals surface area (Å²) in [4.78, 5) is 8.79. The summed E-state index contributed by atoms with van der Waals surface area (Å²) in [5.74, 6) is -0.386. The Bertz CT molecular complexity index is 640. The lowest BCUT2D eigenvalue weighted by Gasteiger charge is -2.07. The van der Waals surface area contributed by atoms with Crippen molar-refractivity contribution < 1.29 is 0 Å². The molecule has 102 valence electrons. The molecule has 1 aromatic carbocycles. The summed E-state index contributed by atoms with van der Waals surface area (Å²) in [6.07, 6.45) is 1.68. The van der Waals surface area contributed by atoms with Gasteiger partial charge in [0.1, 0.15) is 10.9 Å². The third kappa shape index (κ3) is 3.66. The third-order valence-corrected chi connectivity index (χ3v) is 4.15. The average molecular weight is 304 g/mol. The number of benzene rings is 1. The third-order valence-electron chi connectivity index (χ3n) is 2.85. The van der Waals surface area contributed by atoms with Gasteiger partial charge in [-0.25, -0.2) is 4.98 Å². The van der Waals surface area contributed by atoms with Gasteiger partial charge in [0.2, 0.25) is 0 Å². The molecule has 0 saturated heterocycles. The zero-order chi connectivity index (χ0) is 14.5. The quantitative estimate of drug-likeness (QED) is 0.778. The summed E-state index contributed by atoms with van der Waals surface area (Å²) in [6, 6.07) is 9.79. The van der Waals surface area contributed by atoms with Crippen LogP contribution in [0.15, 0.2) is 34.6 Å². The largest absolute Gasteiger partial charge is 0.288 e. The van der Waals surface area contributed by atoms with Crippen molar-refractivity contribution in [2.24, 2.45) is 4.99 Å². The summed E-state index contributed by atoms with van der Waals surface area (Å²) in [6.45, 7) is 3.91. The fraction of sp³-hybridized carbons (Fsp3) is 0.267. The SMILES string of the molecule is Cc1csc([C@@H](C#N)C=N[C@@H](C)c2ccc(Cl)cc2)n1. The second-order valence-corrected chi connectivity index (χ2v) is 5.79. The number of nitrogens with zero attached hydrogens (tertiary/aromatic N) is 3. The summed E-state index contributed by atoms with van der Waals surface area (Å²) in [7, 11) is 0. The number of halogens is 1. The van der Waals surface area contributed by atoms with E-state index < -0.39 is 0 Å². The zero-order valence-electron chi connectivity index (χ0n) is 11.2. The molecule has 2 rings (SSSR count). The second-order valence-electron chi connectivity index (χ2n) is 4.46. The molecule has 0 aliphatic heterocycles. The second kappa shape index (κ2) is 6.65. The maximum absolute atomic E-state index is 9.22.